The molecular weight excluding hydrogens is 238 g/mol. The molecule has 2 heterocycles. The van der Waals surface area contributed by atoms with Gasteiger partial charge in [-0.1, -0.05) is 12.8 Å². The van der Waals surface area contributed by atoms with Gasteiger partial charge in [0.25, 0.3) is 5.56 Å². The van der Waals surface area contributed by atoms with Crippen molar-refractivity contribution in [3.05, 3.63) is 34.8 Å². The van der Waals surface area contributed by atoms with Gasteiger partial charge in [0.1, 0.15) is 11.3 Å². The predicted molar refractivity (Wildman–Crippen MR) is 73.4 cm³/mol. The van der Waals surface area contributed by atoms with Gasteiger partial charge in [-0.15, -0.1) is 0 Å². The monoisotopic (exact) mass is 257 g/mol. The predicted octanol–water partition coefficient (Wildman–Crippen LogP) is 2.56. The second-order valence-corrected chi connectivity index (χ2v) is 6.05. The van der Waals surface area contributed by atoms with Crippen molar-refractivity contribution in [1.29, 1.82) is 0 Å². The van der Waals surface area contributed by atoms with E-state index in [-0.39, 0.29) is 5.56 Å². The van der Waals surface area contributed by atoms with Crippen molar-refractivity contribution in [2.45, 2.75) is 51.0 Å². The van der Waals surface area contributed by atoms with Crippen molar-refractivity contribution in [1.82, 2.24) is 14.0 Å². The highest BCUT2D eigenvalue weighted by molar-refractivity contribution is 5.44. The molecule has 2 aromatic rings. The summed E-state index contributed by atoms with van der Waals surface area (Å²) in [5, 5.41) is 0. The molecule has 0 atom stereocenters. The first-order valence-electron chi connectivity index (χ1n) is 7.39. The number of nitrogens with zero attached hydrogens (tertiary/aromatic N) is 3. The lowest BCUT2D eigenvalue weighted by atomic mass is 10.1. The van der Waals surface area contributed by atoms with Crippen LogP contribution >= 0.6 is 0 Å². The molecule has 4 rings (SSSR count). The maximum absolute atomic E-state index is 12.5. The summed E-state index contributed by atoms with van der Waals surface area (Å²) in [6.45, 7) is 0.874. The number of hydrogen-bond donors (Lipinski definition) is 0. The fourth-order valence-corrected chi connectivity index (χ4v) is 3.31. The van der Waals surface area contributed by atoms with Crippen molar-refractivity contribution in [2.75, 3.05) is 0 Å². The van der Waals surface area contributed by atoms with Gasteiger partial charge in [-0.25, -0.2) is 4.98 Å². The summed E-state index contributed by atoms with van der Waals surface area (Å²) in [7, 11) is 0. The topological polar surface area (TPSA) is 39.3 Å². The molecular formula is C15H19N3O. The Bertz CT molecular complexity index is 660. The fraction of sp³-hybridized carbons (Fsp3) is 0.600. The highest BCUT2D eigenvalue weighted by Crippen LogP contribution is 2.39. The van der Waals surface area contributed by atoms with E-state index >= 15 is 0 Å². The number of imidazole rings is 1. The highest BCUT2D eigenvalue weighted by atomic mass is 16.1. The molecule has 0 bridgehead atoms. The van der Waals surface area contributed by atoms with Gasteiger partial charge in [0.15, 0.2) is 0 Å². The molecule has 0 unspecified atom stereocenters. The Hall–Kier alpha value is -1.58. The molecule has 4 heteroatoms. The Labute approximate surface area is 112 Å². The van der Waals surface area contributed by atoms with Crippen LogP contribution in [0.1, 0.15) is 50.3 Å². The Morgan fingerprint density at radius 1 is 1.16 bits per heavy atom. The lowest BCUT2D eigenvalue weighted by Crippen LogP contribution is -2.24. The third-order valence-corrected chi connectivity index (χ3v) is 4.57. The van der Waals surface area contributed by atoms with Gasteiger partial charge >= 0.3 is 0 Å². The van der Waals surface area contributed by atoms with Crippen LogP contribution in [0.15, 0.2) is 23.4 Å². The second kappa shape index (κ2) is 4.22. The molecule has 0 spiro atoms. The minimum absolute atomic E-state index is 0.119. The first kappa shape index (κ1) is 11.3. The summed E-state index contributed by atoms with van der Waals surface area (Å²) < 4.78 is 3.87. The molecule has 2 saturated carbocycles. The number of aromatic nitrogens is 3. The Balaban J connectivity index is 1.72. The molecule has 2 fully saturated rings. The zero-order chi connectivity index (χ0) is 12.8. The van der Waals surface area contributed by atoms with E-state index in [1.807, 2.05) is 21.4 Å². The maximum Gasteiger partial charge on any atom is 0.276 e. The number of fused-ring (bicyclic) bond motifs is 1. The summed E-state index contributed by atoms with van der Waals surface area (Å²) in [5.74, 6) is 2.33. The van der Waals surface area contributed by atoms with Crippen LogP contribution < -0.4 is 5.56 Å². The van der Waals surface area contributed by atoms with Gasteiger partial charge in [-0.3, -0.25) is 9.20 Å². The van der Waals surface area contributed by atoms with E-state index in [0.29, 0.717) is 11.8 Å². The Morgan fingerprint density at radius 2 is 1.95 bits per heavy atom. The first-order valence-corrected chi connectivity index (χ1v) is 7.39. The van der Waals surface area contributed by atoms with E-state index < -0.39 is 0 Å². The molecule has 0 aromatic carbocycles. The van der Waals surface area contributed by atoms with Crippen LogP contribution in [0, 0.1) is 5.92 Å². The molecule has 0 radical (unpaired) electrons. The van der Waals surface area contributed by atoms with Crippen LogP contribution in [0.4, 0.5) is 0 Å². The van der Waals surface area contributed by atoms with Crippen molar-refractivity contribution >= 4 is 5.52 Å². The molecule has 2 aliphatic carbocycles. The van der Waals surface area contributed by atoms with Gasteiger partial charge < -0.3 is 4.57 Å². The lowest BCUT2D eigenvalue weighted by molar-refractivity contribution is 0.449. The van der Waals surface area contributed by atoms with Gasteiger partial charge in [0, 0.05) is 24.9 Å². The standard InChI is InChI=1S/C15H19N3O/c19-15-13-9-16-14(12-5-6-12)18(13)8-7-17(15)10-11-3-1-2-4-11/h7-9,11-12H,1-6,10H2. The maximum atomic E-state index is 12.5. The quantitative estimate of drug-likeness (QED) is 0.847. The number of hydrogen-bond acceptors (Lipinski definition) is 2. The Kier molecular flexibility index (Phi) is 2.50. The molecule has 100 valence electrons. The van der Waals surface area contributed by atoms with Crippen LogP contribution in [0.25, 0.3) is 5.52 Å². The molecule has 0 N–H and O–H groups in total. The lowest BCUT2D eigenvalue weighted by Gasteiger charge is -2.12. The van der Waals surface area contributed by atoms with Gasteiger partial charge in [-0.2, -0.15) is 0 Å². The first-order chi connectivity index (χ1) is 9.33. The summed E-state index contributed by atoms with van der Waals surface area (Å²) in [4.78, 5) is 16.9. The summed E-state index contributed by atoms with van der Waals surface area (Å²) in [5.41, 5.74) is 0.858. The fourth-order valence-electron chi connectivity index (χ4n) is 3.31. The highest BCUT2D eigenvalue weighted by Gasteiger charge is 2.28. The van der Waals surface area contributed by atoms with Crippen molar-refractivity contribution in [2.24, 2.45) is 5.92 Å². The van der Waals surface area contributed by atoms with Crippen molar-refractivity contribution < 1.29 is 0 Å². The van der Waals surface area contributed by atoms with E-state index in [2.05, 4.69) is 4.98 Å². The van der Waals surface area contributed by atoms with Crippen LogP contribution in [-0.4, -0.2) is 14.0 Å². The van der Waals surface area contributed by atoms with E-state index in [1.165, 1.54) is 38.5 Å². The van der Waals surface area contributed by atoms with Crippen LogP contribution in [0.5, 0.6) is 0 Å². The second-order valence-electron chi connectivity index (χ2n) is 6.05. The van der Waals surface area contributed by atoms with Gasteiger partial charge in [0.2, 0.25) is 0 Å². The zero-order valence-corrected chi connectivity index (χ0v) is 11.1. The Morgan fingerprint density at radius 3 is 2.68 bits per heavy atom. The molecule has 0 saturated heterocycles. The van der Waals surface area contributed by atoms with Crippen molar-refractivity contribution in [3.8, 4) is 0 Å². The van der Waals surface area contributed by atoms with E-state index in [4.69, 9.17) is 0 Å². The molecule has 19 heavy (non-hydrogen) atoms. The molecule has 0 aliphatic heterocycles. The van der Waals surface area contributed by atoms with Gasteiger partial charge in [-0.05, 0) is 31.6 Å². The van der Waals surface area contributed by atoms with Crippen molar-refractivity contribution in [3.63, 3.8) is 0 Å². The van der Waals surface area contributed by atoms with E-state index in [1.54, 1.807) is 6.20 Å². The summed E-state index contributed by atoms with van der Waals surface area (Å²) in [6.07, 6.45) is 13.3. The number of rotatable bonds is 3. The third-order valence-electron chi connectivity index (χ3n) is 4.57. The normalized spacial score (nSPS) is 20.4. The van der Waals surface area contributed by atoms with Crippen LogP contribution in [0.3, 0.4) is 0 Å². The van der Waals surface area contributed by atoms with Crippen LogP contribution in [0.2, 0.25) is 0 Å². The minimum Gasteiger partial charge on any atom is -0.312 e. The SMILES string of the molecule is O=c1c2cnc(C3CC3)n2ccn1CC1CCCC1. The van der Waals surface area contributed by atoms with E-state index in [9.17, 15) is 4.79 Å². The average molecular weight is 257 g/mol. The summed E-state index contributed by atoms with van der Waals surface area (Å²) in [6, 6.07) is 0. The summed E-state index contributed by atoms with van der Waals surface area (Å²) >= 11 is 0. The molecule has 0 amide bonds. The minimum atomic E-state index is 0.119. The molecule has 2 aromatic heterocycles. The molecule has 4 nitrogen and oxygen atoms in total. The van der Waals surface area contributed by atoms with Gasteiger partial charge in [0.05, 0.1) is 6.20 Å². The largest absolute Gasteiger partial charge is 0.312 e. The average Bonchev–Trinajstić information content (AvgIpc) is 2.97. The van der Waals surface area contributed by atoms with Crippen LogP contribution in [-0.2, 0) is 6.54 Å². The molecule has 2 aliphatic rings. The smallest absolute Gasteiger partial charge is 0.276 e. The third kappa shape index (κ3) is 1.90. The zero-order valence-electron chi connectivity index (χ0n) is 11.1. The van der Waals surface area contributed by atoms with E-state index in [0.717, 1.165) is 17.9 Å².